The van der Waals surface area contributed by atoms with Crippen molar-refractivity contribution >= 4 is 17.7 Å². The lowest BCUT2D eigenvalue weighted by Gasteiger charge is -2.15. The number of anilines is 1. The number of carbonyl (C=O) groups is 2. The number of nitrogens with one attached hydrogen (secondary N) is 3. The molecule has 0 radical (unpaired) electrons. The Morgan fingerprint density at radius 3 is 2.32 bits per heavy atom. The minimum Gasteiger partial charge on any atom is -0.351 e. The molecule has 0 fully saturated rings. The third-order valence-electron chi connectivity index (χ3n) is 3.64. The number of rotatable bonds is 6. The smallest absolute Gasteiger partial charge is 0.316 e. The van der Waals surface area contributed by atoms with Gasteiger partial charge in [0.15, 0.2) is 0 Å². The van der Waals surface area contributed by atoms with Gasteiger partial charge in [-0.3, -0.25) is 0 Å². The molecule has 0 spiro atoms. The zero-order valence-electron chi connectivity index (χ0n) is 13.9. The van der Waals surface area contributed by atoms with Crippen molar-refractivity contribution in [1.29, 1.82) is 0 Å². The summed E-state index contributed by atoms with van der Waals surface area (Å²) in [7, 11) is 0. The molecule has 132 valence electrons. The first-order valence-corrected chi connectivity index (χ1v) is 7.89. The van der Waals surface area contributed by atoms with E-state index in [9.17, 15) is 14.0 Å². The second-order valence-electron chi connectivity index (χ2n) is 5.61. The third-order valence-corrected chi connectivity index (χ3v) is 3.64. The molecule has 2 aromatic carbocycles. The second-order valence-corrected chi connectivity index (χ2v) is 5.61. The fraction of sp³-hybridized carbons (Fsp3) is 0.222. The normalized spacial score (nSPS) is 11.4. The van der Waals surface area contributed by atoms with Gasteiger partial charge in [0.05, 0.1) is 6.04 Å². The van der Waals surface area contributed by atoms with Crippen molar-refractivity contribution < 1.29 is 14.0 Å². The zero-order chi connectivity index (χ0) is 18.2. The summed E-state index contributed by atoms with van der Waals surface area (Å²) in [5.74, 6) is -0.277. The molecular formula is C18H21FN4O2. The van der Waals surface area contributed by atoms with Crippen LogP contribution >= 0.6 is 0 Å². The van der Waals surface area contributed by atoms with E-state index < -0.39 is 6.03 Å². The summed E-state index contributed by atoms with van der Waals surface area (Å²) in [6.07, 6.45) is 0.621. The Morgan fingerprint density at radius 2 is 1.72 bits per heavy atom. The van der Waals surface area contributed by atoms with E-state index in [0.29, 0.717) is 18.7 Å². The number of hydrogen-bond acceptors (Lipinski definition) is 2. The van der Waals surface area contributed by atoms with Crippen molar-refractivity contribution in [3.8, 4) is 0 Å². The van der Waals surface area contributed by atoms with Crippen LogP contribution in [-0.2, 0) is 6.42 Å². The monoisotopic (exact) mass is 344 g/mol. The SMILES string of the molecule is CC(NC(=O)NCCc1ccc(F)cc1)c1ccc(NC(N)=O)cc1. The molecule has 0 aliphatic carbocycles. The highest BCUT2D eigenvalue weighted by Gasteiger charge is 2.09. The summed E-state index contributed by atoms with van der Waals surface area (Å²) in [5.41, 5.74) is 7.48. The summed E-state index contributed by atoms with van der Waals surface area (Å²) in [4.78, 5) is 22.7. The lowest BCUT2D eigenvalue weighted by atomic mass is 10.1. The van der Waals surface area contributed by atoms with Crippen LogP contribution in [0.2, 0.25) is 0 Å². The third kappa shape index (κ3) is 6.14. The van der Waals surface area contributed by atoms with Crippen molar-refractivity contribution in [2.75, 3.05) is 11.9 Å². The summed E-state index contributed by atoms with van der Waals surface area (Å²) >= 11 is 0. The standard InChI is InChI=1S/C18H21FN4O2/c1-12(14-4-8-16(9-5-14)23-17(20)24)22-18(25)21-11-10-13-2-6-15(19)7-3-13/h2-9,12H,10-11H2,1H3,(H3,20,23,24)(H2,21,22,25). The second kappa shape index (κ2) is 8.68. The summed E-state index contributed by atoms with van der Waals surface area (Å²) in [5, 5.41) is 8.07. The van der Waals surface area contributed by atoms with Crippen LogP contribution in [0.3, 0.4) is 0 Å². The molecule has 0 aromatic heterocycles. The molecule has 5 N–H and O–H groups in total. The Labute approximate surface area is 145 Å². The van der Waals surface area contributed by atoms with Gasteiger partial charge in [-0.2, -0.15) is 0 Å². The van der Waals surface area contributed by atoms with Gasteiger partial charge >= 0.3 is 12.1 Å². The summed E-state index contributed by atoms with van der Waals surface area (Å²) in [6, 6.07) is 12.1. The molecule has 25 heavy (non-hydrogen) atoms. The number of urea groups is 2. The maximum absolute atomic E-state index is 12.8. The van der Waals surface area contributed by atoms with Gasteiger partial charge in [0.25, 0.3) is 0 Å². The summed E-state index contributed by atoms with van der Waals surface area (Å²) in [6.45, 7) is 2.31. The Hall–Kier alpha value is -3.09. The molecule has 6 nitrogen and oxygen atoms in total. The van der Waals surface area contributed by atoms with Gasteiger partial charge in [0.1, 0.15) is 5.82 Å². The zero-order valence-corrected chi connectivity index (χ0v) is 13.9. The molecule has 1 unspecified atom stereocenters. The van der Waals surface area contributed by atoms with Gasteiger partial charge in [-0.05, 0) is 48.7 Å². The highest BCUT2D eigenvalue weighted by molar-refractivity contribution is 5.87. The predicted octanol–water partition coefficient (Wildman–Crippen LogP) is 2.92. The lowest BCUT2D eigenvalue weighted by molar-refractivity contribution is 0.238. The molecule has 0 saturated heterocycles. The van der Waals surface area contributed by atoms with Crippen molar-refractivity contribution in [2.45, 2.75) is 19.4 Å². The van der Waals surface area contributed by atoms with Gasteiger partial charge in [-0.15, -0.1) is 0 Å². The van der Waals surface area contributed by atoms with Gasteiger partial charge < -0.3 is 21.7 Å². The maximum atomic E-state index is 12.8. The minimum absolute atomic E-state index is 0.201. The first-order chi connectivity index (χ1) is 11.9. The predicted molar refractivity (Wildman–Crippen MR) is 94.7 cm³/mol. The number of primary amides is 1. The Bertz CT molecular complexity index is 717. The van der Waals surface area contributed by atoms with E-state index in [1.54, 1.807) is 36.4 Å². The highest BCUT2D eigenvalue weighted by atomic mass is 19.1. The van der Waals surface area contributed by atoms with Gasteiger partial charge in [0, 0.05) is 12.2 Å². The molecule has 1 atom stereocenters. The van der Waals surface area contributed by atoms with Crippen LogP contribution in [0.5, 0.6) is 0 Å². The van der Waals surface area contributed by atoms with Crippen molar-refractivity contribution in [2.24, 2.45) is 5.73 Å². The van der Waals surface area contributed by atoms with Crippen LogP contribution in [0.4, 0.5) is 19.7 Å². The van der Waals surface area contributed by atoms with E-state index in [2.05, 4.69) is 16.0 Å². The van der Waals surface area contributed by atoms with E-state index >= 15 is 0 Å². The Kier molecular flexibility index (Phi) is 6.33. The van der Waals surface area contributed by atoms with E-state index in [1.807, 2.05) is 6.92 Å². The first kappa shape index (κ1) is 18.3. The van der Waals surface area contributed by atoms with Gasteiger partial charge in [-0.1, -0.05) is 24.3 Å². The largest absolute Gasteiger partial charge is 0.351 e. The molecule has 0 heterocycles. The molecule has 2 rings (SSSR count). The van der Waals surface area contributed by atoms with E-state index in [1.165, 1.54) is 12.1 Å². The average Bonchev–Trinajstić information content (AvgIpc) is 2.56. The van der Waals surface area contributed by atoms with Crippen LogP contribution in [0.25, 0.3) is 0 Å². The molecule has 0 bridgehead atoms. The maximum Gasteiger partial charge on any atom is 0.316 e. The van der Waals surface area contributed by atoms with Crippen LogP contribution in [0.15, 0.2) is 48.5 Å². The minimum atomic E-state index is -0.626. The number of amides is 4. The van der Waals surface area contributed by atoms with Crippen molar-refractivity contribution in [3.63, 3.8) is 0 Å². The highest BCUT2D eigenvalue weighted by Crippen LogP contribution is 2.15. The quantitative estimate of drug-likeness (QED) is 0.648. The number of hydrogen-bond donors (Lipinski definition) is 4. The Morgan fingerprint density at radius 1 is 1.08 bits per heavy atom. The fourth-order valence-electron chi connectivity index (χ4n) is 2.30. The van der Waals surface area contributed by atoms with E-state index in [-0.39, 0.29) is 17.9 Å². The number of benzene rings is 2. The number of carbonyl (C=O) groups excluding carboxylic acids is 2. The van der Waals surface area contributed by atoms with Crippen molar-refractivity contribution in [1.82, 2.24) is 10.6 Å². The topological polar surface area (TPSA) is 96.2 Å². The van der Waals surface area contributed by atoms with Gasteiger partial charge in [-0.25, -0.2) is 14.0 Å². The van der Waals surface area contributed by atoms with E-state index in [0.717, 1.165) is 11.1 Å². The first-order valence-electron chi connectivity index (χ1n) is 7.89. The molecule has 4 amide bonds. The fourth-order valence-corrected chi connectivity index (χ4v) is 2.30. The lowest BCUT2D eigenvalue weighted by Crippen LogP contribution is -2.38. The molecule has 2 aromatic rings. The molecule has 0 aliphatic rings. The Balaban J connectivity index is 1.77. The molecule has 0 aliphatic heterocycles. The number of nitrogens with two attached hydrogens (primary N) is 1. The number of halogens is 1. The van der Waals surface area contributed by atoms with Crippen LogP contribution in [0, 0.1) is 5.82 Å². The summed E-state index contributed by atoms with van der Waals surface area (Å²) < 4.78 is 12.8. The van der Waals surface area contributed by atoms with Gasteiger partial charge in [0.2, 0.25) is 0 Å². The van der Waals surface area contributed by atoms with Crippen molar-refractivity contribution in [3.05, 3.63) is 65.5 Å². The molecule has 7 heteroatoms. The average molecular weight is 344 g/mol. The van der Waals surface area contributed by atoms with Crippen LogP contribution < -0.4 is 21.7 Å². The molecule has 0 saturated carbocycles. The molecular weight excluding hydrogens is 323 g/mol. The van der Waals surface area contributed by atoms with Crippen LogP contribution in [-0.4, -0.2) is 18.6 Å². The van der Waals surface area contributed by atoms with E-state index in [4.69, 9.17) is 5.73 Å². The van der Waals surface area contributed by atoms with Crippen LogP contribution in [0.1, 0.15) is 24.1 Å².